The summed E-state index contributed by atoms with van der Waals surface area (Å²) in [4.78, 5) is 37.0. The lowest BCUT2D eigenvalue weighted by atomic mass is 9.97. The van der Waals surface area contributed by atoms with Crippen molar-refractivity contribution in [2.45, 2.75) is 19.4 Å². The van der Waals surface area contributed by atoms with Crippen molar-refractivity contribution < 1.29 is 24.2 Å². The van der Waals surface area contributed by atoms with Crippen molar-refractivity contribution in [3.05, 3.63) is 23.8 Å². The van der Waals surface area contributed by atoms with E-state index in [2.05, 4.69) is 5.32 Å². The maximum Gasteiger partial charge on any atom is 0.255 e. The molecule has 1 aliphatic heterocycles. The Kier molecular flexibility index (Phi) is 3.59. The molecule has 0 saturated carbocycles. The van der Waals surface area contributed by atoms with Crippen LogP contribution in [0.5, 0.6) is 11.5 Å². The molecule has 0 aliphatic carbocycles. The van der Waals surface area contributed by atoms with Gasteiger partial charge in [0.05, 0.1) is 7.11 Å². The summed E-state index contributed by atoms with van der Waals surface area (Å²) in [5, 5.41) is 11.9. The third-order valence-electron chi connectivity index (χ3n) is 3.46. The Hall–Kier alpha value is -2.57. The molecule has 0 bridgehead atoms. The molecule has 1 heterocycles. The van der Waals surface area contributed by atoms with Crippen molar-refractivity contribution in [2.24, 2.45) is 0 Å². The highest BCUT2D eigenvalue weighted by Gasteiger charge is 2.43. The summed E-state index contributed by atoms with van der Waals surface area (Å²) in [7, 11) is 1.40. The van der Waals surface area contributed by atoms with Crippen molar-refractivity contribution in [1.29, 1.82) is 0 Å². The number of methoxy groups -OCH3 is 1. The minimum atomic E-state index is -1.15. The van der Waals surface area contributed by atoms with Crippen LogP contribution < -0.4 is 10.1 Å². The maximum atomic E-state index is 12.5. The zero-order valence-corrected chi connectivity index (χ0v) is 12.0. The van der Waals surface area contributed by atoms with Crippen LogP contribution in [0.15, 0.2) is 18.2 Å². The molecule has 3 amide bonds. The fourth-order valence-corrected chi connectivity index (χ4v) is 2.09. The van der Waals surface area contributed by atoms with Gasteiger partial charge in [-0.1, -0.05) is 0 Å². The lowest BCUT2D eigenvalue weighted by Crippen LogP contribution is -2.65. The van der Waals surface area contributed by atoms with Crippen LogP contribution >= 0.6 is 0 Å². The molecule has 1 aromatic rings. The molecule has 1 fully saturated rings. The first-order valence-corrected chi connectivity index (χ1v) is 6.30. The van der Waals surface area contributed by atoms with E-state index in [9.17, 15) is 19.5 Å². The number of phenols is 1. The molecule has 7 nitrogen and oxygen atoms in total. The van der Waals surface area contributed by atoms with Gasteiger partial charge in [0.2, 0.25) is 5.91 Å². The molecule has 0 unspecified atom stereocenters. The Morgan fingerprint density at radius 3 is 2.62 bits per heavy atom. The van der Waals surface area contributed by atoms with Crippen molar-refractivity contribution in [1.82, 2.24) is 10.2 Å². The van der Waals surface area contributed by atoms with Crippen LogP contribution in [0.2, 0.25) is 0 Å². The molecular weight excluding hydrogens is 276 g/mol. The normalized spacial score (nSPS) is 17.4. The van der Waals surface area contributed by atoms with Gasteiger partial charge in [-0.25, -0.2) is 0 Å². The third kappa shape index (κ3) is 2.54. The zero-order chi connectivity index (χ0) is 15.8. The molecule has 112 valence electrons. The van der Waals surface area contributed by atoms with Crippen LogP contribution in [-0.2, 0) is 9.59 Å². The number of piperazine rings is 1. The second-order valence-corrected chi connectivity index (χ2v) is 5.21. The Bertz CT molecular complexity index is 624. The minimum Gasteiger partial charge on any atom is -0.504 e. The number of nitrogens with one attached hydrogen (secondary N) is 1. The molecular formula is C14H16N2O5. The van der Waals surface area contributed by atoms with Crippen molar-refractivity contribution >= 4 is 17.7 Å². The summed E-state index contributed by atoms with van der Waals surface area (Å²) in [6.45, 7) is 2.89. The van der Waals surface area contributed by atoms with E-state index in [-0.39, 0.29) is 23.6 Å². The van der Waals surface area contributed by atoms with Crippen LogP contribution in [0, 0.1) is 0 Å². The predicted molar refractivity (Wildman–Crippen MR) is 72.9 cm³/mol. The second kappa shape index (κ2) is 5.08. The number of ether oxygens (including phenoxy) is 1. The van der Waals surface area contributed by atoms with E-state index in [1.54, 1.807) is 13.8 Å². The van der Waals surface area contributed by atoms with Crippen molar-refractivity contribution in [2.75, 3.05) is 13.7 Å². The maximum absolute atomic E-state index is 12.5. The van der Waals surface area contributed by atoms with Gasteiger partial charge in [-0.3, -0.25) is 19.7 Å². The van der Waals surface area contributed by atoms with Gasteiger partial charge in [-0.05, 0) is 32.0 Å². The molecule has 2 rings (SSSR count). The summed E-state index contributed by atoms with van der Waals surface area (Å²) in [6, 6.07) is 4.16. The lowest BCUT2D eigenvalue weighted by molar-refractivity contribution is -0.143. The van der Waals surface area contributed by atoms with Gasteiger partial charge in [0.25, 0.3) is 11.8 Å². The Labute approximate surface area is 121 Å². The van der Waals surface area contributed by atoms with Crippen LogP contribution in [0.4, 0.5) is 0 Å². The second-order valence-electron chi connectivity index (χ2n) is 5.21. The molecule has 0 aromatic heterocycles. The highest BCUT2D eigenvalue weighted by Crippen LogP contribution is 2.28. The van der Waals surface area contributed by atoms with Crippen LogP contribution in [0.1, 0.15) is 24.2 Å². The first kappa shape index (κ1) is 14.8. The highest BCUT2D eigenvalue weighted by molar-refractivity contribution is 6.09. The third-order valence-corrected chi connectivity index (χ3v) is 3.46. The number of rotatable bonds is 2. The van der Waals surface area contributed by atoms with E-state index in [1.807, 2.05) is 0 Å². The molecule has 1 saturated heterocycles. The lowest BCUT2D eigenvalue weighted by Gasteiger charge is -2.40. The highest BCUT2D eigenvalue weighted by atomic mass is 16.5. The quantitative estimate of drug-likeness (QED) is 0.763. The molecule has 7 heteroatoms. The first-order valence-electron chi connectivity index (χ1n) is 6.30. The van der Waals surface area contributed by atoms with Gasteiger partial charge >= 0.3 is 0 Å². The van der Waals surface area contributed by atoms with E-state index in [1.165, 1.54) is 30.2 Å². The molecule has 0 radical (unpaired) electrons. The first-order chi connectivity index (χ1) is 9.77. The molecule has 1 aliphatic rings. The molecule has 21 heavy (non-hydrogen) atoms. The summed E-state index contributed by atoms with van der Waals surface area (Å²) >= 11 is 0. The van der Waals surface area contributed by atoms with E-state index in [0.29, 0.717) is 0 Å². The summed E-state index contributed by atoms with van der Waals surface area (Å²) in [6.07, 6.45) is 0. The average molecular weight is 292 g/mol. The van der Waals surface area contributed by atoms with Crippen LogP contribution in [-0.4, -0.2) is 46.9 Å². The summed E-state index contributed by atoms with van der Waals surface area (Å²) in [5.74, 6) is -1.54. The molecule has 1 aromatic carbocycles. The molecule has 2 N–H and O–H groups in total. The van der Waals surface area contributed by atoms with Gasteiger partial charge in [-0.2, -0.15) is 0 Å². The number of hydrogen-bond donors (Lipinski definition) is 2. The monoisotopic (exact) mass is 292 g/mol. The number of nitrogens with zero attached hydrogens (tertiary/aromatic N) is 1. The van der Waals surface area contributed by atoms with Gasteiger partial charge < -0.3 is 14.7 Å². The van der Waals surface area contributed by atoms with Gasteiger partial charge in [0, 0.05) is 5.56 Å². The zero-order valence-electron chi connectivity index (χ0n) is 12.0. The summed E-state index contributed by atoms with van der Waals surface area (Å²) in [5.41, 5.74) is -0.982. The summed E-state index contributed by atoms with van der Waals surface area (Å²) < 4.78 is 4.91. The predicted octanol–water partition coefficient (Wildman–Crippen LogP) is 0.278. The Morgan fingerprint density at radius 1 is 1.38 bits per heavy atom. The number of imide groups is 1. The number of benzene rings is 1. The fraction of sp³-hybridized carbons (Fsp3) is 0.357. The van der Waals surface area contributed by atoms with Gasteiger partial charge in [-0.15, -0.1) is 0 Å². The minimum absolute atomic E-state index is 0.170. The van der Waals surface area contributed by atoms with E-state index >= 15 is 0 Å². The topological polar surface area (TPSA) is 95.9 Å². The molecule has 0 atom stereocenters. The number of hydrogen-bond acceptors (Lipinski definition) is 5. The van der Waals surface area contributed by atoms with Crippen molar-refractivity contribution in [3.63, 3.8) is 0 Å². The van der Waals surface area contributed by atoms with Gasteiger partial charge in [0.1, 0.15) is 12.1 Å². The number of carbonyl (C=O) groups is 3. The number of aromatic hydroxyl groups is 1. The number of phenolic OH excluding ortho intramolecular Hbond substituents is 1. The van der Waals surface area contributed by atoms with Crippen molar-refractivity contribution in [3.8, 4) is 11.5 Å². The van der Waals surface area contributed by atoms with E-state index < -0.39 is 23.3 Å². The Balaban J connectivity index is 2.36. The SMILES string of the molecule is COc1ccc(C(=O)N2CC(=O)NC(=O)C2(C)C)cc1O. The Morgan fingerprint density at radius 2 is 2.05 bits per heavy atom. The van der Waals surface area contributed by atoms with E-state index in [4.69, 9.17) is 4.74 Å². The molecule has 0 spiro atoms. The smallest absolute Gasteiger partial charge is 0.255 e. The van der Waals surface area contributed by atoms with E-state index in [0.717, 1.165) is 0 Å². The number of amides is 3. The van der Waals surface area contributed by atoms with Gasteiger partial charge in [0.15, 0.2) is 11.5 Å². The largest absolute Gasteiger partial charge is 0.504 e. The average Bonchev–Trinajstić information content (AvgIpc) is 2.42. The van der Waals surface area contributed by atoms with Crippen LogP contribution in [0.3, 0.4) is 0 Å². The fourth-order valence-electron chi connectivity index (χ4n) is 2.09. The van der Waals surface area contributed by atoms with Crippen LogP contribution in [0.25, 0.3) is 0 Å². The standard InChI is InChI=1S/C14H16N2O5/c1-14(2)13(20)15-11(18)7-16(14)12(19)8-4-5-10(21-3)9(17)6-8/h4-6,17H,7H2,1-3H3,(H,15,18,20). The number of carbonyl (C=O) groups excluding carboxylic acids is 3.